The monoisotopic (exact) mass is 747 g/mol. The zero-order valence-electron chi connectivity index (χ0n) is 22.6. The SMILES string of the molecule is [C-]#N.[Pt].c1ccc([PH+](c2ccccc2)c2ccccc2)cc1.c1ccc([PH+](c2ccccc2)c2ccccc2)cc1. The standard InChI is InChI=1S/2C18H15P.CN.Pt/c2*1-4-10-16(11-5-1)19(17-12-6-2-7-13-17)18-14-8-3-9-15-18;1-2;/h2*1-15H;;/q;;-1;/p+2. The second kappa shape index (κ2) is 17.9. The molecule has 0 aromatic heterocycles. The minimum absolute atomic E-state index is 0. The molecular formula is C37H32NP2Pt+. The van der Waals surface area contributed by atoms with E-state index in [1.54, 1.807) is 0 Å². The topological polar surface area (TPSA) is 23.8 Å². The van der Waals surface area contributed by atoms with E-state index in [1.807, 2.05) is 0 Å². The Balaban J connectivity index is 0.000000208. The Labute approximate surface area is 261 Å². The fourth-order valence-electron chi connectivity index (χ4n) is 4.63. The van der Waals surface area contributed by atoms with Gasteiger partial charge in [0.25, 0.3) is 0 Å². The molecule has 0 spiro atoms. The first-order chi connectivity index (χ1) is 19.9. The summed E-state index contributed by atoms with van der Waals surface area (Å²) < 4.78 is 0. The predicted molar refractivity (Wildman–Crippen MR) is 178 cm³/mol. The van der Waals surface area contributed by atoms with Crippen LogP contribution in [0.3, 0.4) is 0 Å². The summed E-state index contributed by atoms with van der Waals surface area (Å²) >= 11 is 0. The third-order valence-corrected chi connectivity index (χ3v) is 11.8. The summed E-state index contributed by atoms with van der Waals surface area (Å²) in [6, 6.07) is 65.0. The van der Waals surface area contributed by atoms with Crippen LogP contribution in [0.2, 0.25) is 0 Å². The molecule has 0 bridgehead atoms. The van der Waals surface area contributed by atoms with E-state index in [0.29, 0.717) is 0 Å². The van der Waals surface area contributed by atoms with Crippen molar-refractivity contribution < 1.29 is 21.1 Å². The van der Waals surface area contributed by atoms with Crippen LogP contribution in [0.15, 0.2) is 182 Å². The van der Waals surface area contributed by atoms with Crippen LogP contribution in [0.25, 0.3) is 0 Å². The Hall–Kier alpha value is -3.64. The Morgan fingerprint density at radius 2 is 0.390 bits per heavy atom. The predicted octanol–water partition coefficient (Wildman–Crippen LogP) is 6.45. The van der Waals surface area contributed by atoms with E-state index in [9.17, 15) is 0 Å². The fourth-order valence-corrected chi connectivity index (χ4v) is 9.78. The molecule has 0 radical (unpaired) electrons. The summed E-state index contributed by atoms with van der Waals surface area (Å²) in [5.41, 5.74) is 0. The molecule has 0 aliphatic heterocycles. The van der Waals surface area contributed by atoms with Gasteiger partial charge in [-0.2, -0.15) is 0 Å². The third-order valence-electron chi connectivity index (χ3n) is 6.37. The molecule has 6 aromatic rings. The second-order valence-corrected chi connectivity index (χ2v) is 13.9. The van der Waals surface area contributed by atoms with E-state index in [1.165, 1.54) is 31.8 Å². The molecule has 0 saturated carbocycles. The van der Waals surface area contributed by atoms with Gasteiger partial charge >= 0.3 is 0 Å². The van der Waals surface area contributed by atoms with Gasteiger partial charge in [-0.25, -0.2) is 0 Å². The minimum atomic E-state index is -0.877. The van der Waals surface area contributed by atoms with Gasteiger partial charge in [0, 0.05) is 21.1 Å². The number of nitrogens with zero attached hydrogens (tertiary/aromatic N) is 1. The van der Waals surface area contributed by atoms with Gasteiger partial charge in [-0.1, -0.05) is 109 Å². The van der Waals surface area contributed by atoms with E-state index >= 15 is 0 Å². The average Bonchev–Trinajstić information content (AvgIpc) is 3.06. The van der Waals surface area contributed by atoms with E-state index in [4.69, 9.17) is 11.8 Å². The summed E-state index contributed by atoms with van der Waals surface area (Å²) in [6.07, 6.45) is 0. The molecule has 0 aliphatic carbocycles. The fraction of sp³-hybridized carbons (Fsp3) is 0. The Morgan fingerprint density at radius 3 is 0.512 bits per heavy atom. The Morgan fingerprint density at radius 1 is 0.268 bits per heavy atom. The summed E-state index contributed by atoms with van der Waals surface area (Å²) in [7, 11) is -1.75. The van der Waals surface area contributed by atoms with Gasteiger partial charge in [-0.15, -0.1) is 0 Å². The molecule has 0 atom stereocenters. The normalized spacial score (nSPS) is 9.85. The van der Waals surface area contributed by atoms with E-state index in [0.717, 1.165) is 0 Å². The Kier molecular flexibility index (Phi) is 13.9. The van der Waals surface area contributed by atoms with Gasteiger partial charge < -0.3 is 11.8 Å². The maximum Gasteiger partial charge on any atom is 0.102 e. The average molecular weight is 748 g/mol. The van der Waals surface area contributed by atoms with Gasteiger partial charge in [0.2, 0.25) is 0 Å². The van der Waals surface area contributed by atoms with Crippen molar-refractivity contribution in [1.82, 2.24) is 0 Å². The van der Waals surface area contributed by atoms with Crippen LogP contribution in [0.5, 0.6) is 0 Å². The van der Waals surface area contributed by atoms with Crippen LogP contribution in [0.4, 0.5) is 0 Å². The molecular weight excluding hydrogens is 715 g/mol. The van der Waals surface area contributed by atoms with Crippen molar-refractivity contribution in [2.24, 2.45) is 0 Å². The molecule has 6 aromatic carbocycles. The van der Waals surface area contributed by atoms with E-state index < -0.39 is 15.8 Å². The van der Waals surface area contributed by atoms with Crippen molar-refractivity contribution in [3.05, 3.63) is 189 Å². The van der Waals surface area contributed by atoms with Crippen LogP contribution in [0.1, 0.15) is 0 Å². The first-order valence-corrected chi connectivity index (χ1v) is 16.2. The smallest absolute Gasteiger partial charge is 0.102 e. The van der Waals surface area contributed by atoms with Crippen molar-refractivity contribution in [3.63, 3.8) is 0 Å². The molecule has 0 N–H and O–H groups in total. The molecule has 0 fully saturated rings. The van der Waals surface area contributed by atoms with Gasteiger partial charge in [0.15, 0.2) is 0 Å². The molecule has 41 heavy (non-hydrogen) atoms. The van der Waals surface area contributed by atoms with Crippen LogP contribution in [-0.2, 0) is 21.1 Å². The van der Waals surface area contributed by atoms with Crippen molar-refractivity contribution >= 4 is 47.7 Å². The van der Waals surface area contributed by atoms with Crippen molar-refractivity contribution in [1.29, 1.82) is 5.26 Å². The van der Waals surface area contributed by atoms with Gasteiger partial charge in [-0.05, 0) is 72.8 Å². The van der Waals surface area contributed by atoms with Gasteiger partial charge in [-0.3, -0.25) is 0 Å². The molecule has 0 saturated heterocycles. The number of rotatable bonds is 6. The zero-order chi connectivity index (χ0) is 27.8. The zero-order valence-corrected chi connectivity index (χ0v) is 26.9. The molecule has 0 amide bonds. The quantitative estimate of drug-likeness (QED) is 0.142. The van der Waals surface area contributed by atoms with Crippen LogP contribution < -0.4 is 31.8 Å². The van der Waals surface area contributed by atoms with E-state index in [2.05, 4.69) is 182 Å². The van der Waals surface area contributed by atoms with Crippen LogP contribution in [-0.4, -0.2) is 0 Å². The van der Waals surface area contributed by atoms with Gasteiger partial charge in [0.05, 0.1) is 15.8 Å². The largest absolute Gasteiger partial charge is 0.512 e. The molecule has 0 heterocycles. The van der Waals surface area contributed by atoms with Gasteiger partial charge in [0.1, 0.15) is 31.8 Å². The first kappa shape index (κ1) is 31.9. The van der Waals surface area contributed by atoms with E-state index in [-0.39, 0.29) is 21.1 Å². The molecule has 204 valence electrons. The van der Waals surface area contributed by atoms with Crippen molar-refractivity contribution in [2.75, 3.05) is 0 Å². The molecule has 4 heteroatoms. The minimum Gasteiger partial charge on any atom is -0.512 e. The summed E-state index contributed by atoms with van der Waals surface area (Å²) in [5.74, 6) is 0. The molecule has 6 rings (SSSR count). The van der Waals surface area contributed by atoms with Crippen LogP contribution in [0, 0.1) is 11.8 Å². The molecule has 0 unspecified atom stereocenters. The molecule has 1 nitrogen and oxygen atoms in total. The summed E-state index contributed by atoms with van der Waals surface area (Å²) in [6.45, 7) is 4.75. The maximum absolute atomic E-state index is 6.25. The number of hydrogen-bond acceptors (Lipinski definition) is 1. The summed E-state index contributed by atoms with van der Waals surface area (Å²) in [4.78, 5) is 0. The molecule has 0 aliphatic rings. The second-order valence-electron chi connectivity index (χ2n) is 8.95. The first-order valence-electron chi connectivity index (χ1n) is 13.2. The Bertz CT molecular complexity index is 1220. The number of hydrogen-bond donors (Lipinski definition) is 0. The van der Waals surface area contributed by atoms with Crippen LogP contribution >= 0.6 is 15.8 Å². The number of benzene rings is 6. The maximum atomic E-state index is 6.25. The van der Waals surface area contributed by atoms with Crippen molar-refractivity contribution in [2.45, 2.75) is 0 Å². The third kappa shape index (κ3) is 9.19. The van der Waals surface area contributed by atoms with Crippen molar-refractivity contribution in [3.8, 4) is 0 Å². The summed E-state index contributed by atoms with van der Waals surface area (Å²) in [5, 5.41) is 14.9.